The number of thiazole rings is 1. The van der Waals surface area contributed by atoms with Crippen LogP contribution in [0.2, 0.25) is 0 Å². The predicted molar refractivity (Wildman–Crippen MR) is 118 cm³/mol. The Kier molecular flexibility index (Phi) is 6.30. The molecule has 0 bridgehead atoms. The first-order valence-corrected chi connectivity index (χ1v) is 12.1. The molecule has 0 saturated carbocycles. The quantitative estimate of drug-likeness (QED) is 0.608. The Bertz CT molecular complexity index is 1150. The van der Waals surface area contributed by atoms with Crippen molar-refractivity contribution in [2.45, 2.75) is 30.2 Å². The molecule has 1 saturated heterocycles. The van der Waals surface area contributed by atoms with Crippen LogP contribution in [0, 0.1) is 0 Å². The lowest BCUT2D eigenvalue weighted by Crippen LogP contribution is -2.49. The van der Waals surface area contributed by atoms with E-state index in [1.54, 1.807) is 13.2 Å². The van der Waals surface area contributed by atoms with Crippen LogP contribution >= 0.6 is 11.3 Å². The number of hydrogen-bond donors (Lipinski definition) is 1. The van der Waals surface area contributed by atoms with Crippen molar-refractivity contribution in [2.75, 3.05) is 19.0 Å². The molecule has 0 unspecified atom stereocenters. The first-order valence-electron chi connectivity index (χ1n) is 9.82. The van der Waals surface area contributed by atoms with E-state index in [-0.39, 0.29) is 10.8 Å². The van der Waals surface area contributed by atoms with E-state index in [0.29, 0.717) is 24.5 Å². The molecule has 1 aliphatic rings. The number of amides is 1. The van der Waals surface area contributed by atoms with Gasteiger partial charge in [-0.2, -0.15) is 4.31 Å². The lowest BCUT2D eigenvalue weighted by molar-refractivity contribution is -0.120. The lowest BCUT2D eigenvalue weighted by atomic mass is 10.0. The minimum atomic E-state index is -3.81. The largest absolute Gasteiger partial charge is 0.497 e. The molecule has 2 aromatic heterocycles. The normalized spacial score (nSPS) is 17.3. The monoisotopic (exact) mass is 458 g/mol. The summed E-state index contributed by atoms with van der Waals surface area (Å²) in [5.74, 6) is 0.377. The molecule has 162 valence electrons. The molecule has 31 heavy (non-hydrogen) atoms. The molecule has 4 rings (SSSR count). The average Bonchev–Trinajstić information content (AvgIpc) is 3.28. The molecule has 1 atom stereocenters. The number of benzene rings is 1. The van der Waals surface area contributed by atoms with Gasteiger partial charge in [0.05, 0.1) is 12.8 Å². The van der Waals surface area contributed by atoms with Gasteiger partial charge in [0.1, 0.15) is 16.7 Å². The number of hydrogen-bond acceptors (Lipinski definition) is 7. The number of carbonyl (C=O) groups excluding carboxylic acids is 1. The molecule has 1 N–H and O–H groups in total. The molecule has 1 fully saturated rings. The molecular weight excluding hydrogens is 436 g/mol. The second kappa shape index (κ2) is 9.13. The van der Waals surface area contributed by atoms with E-state index in [1.807, 2.05) is 29.6 Å². The lowest BCUT2D eigenvalue weighted by Gasteiger charge is -2.33. The molecule has 1 aromatic carbocycles. The third-order valence-electron chi connectivity index (χ3n) is 5.12. The Labute approximate surface area is 185 Å². The zero-order chi connectivity index (χ0) is 21.8. The van der Waals surface area contributed by atoms with E-state index >= 15 is 0 Å². The number of anilines is 1. The van der Waals surface area contributed by atoms with Gasteiger partial charge in [-0.3, -0.25) is 9.78 Å². The number of nitrogens with one attached hydrogen (secondary N) is 1. The fraction of sp³-hybridized carbons (Fsp3) is 0.286. The predicted octanol–water partition coefficient (Wildman–Crippen LogP) is 3.40. The average molecular weight is 459 g/mol. The molecule has 8 nitrogen and oxygen atoms in total. The molecule has 10 heteroatoms. The number of methoxy groups -OCH3 is 1. The van der Waals surface area contributed by atoms with Gasteiger partial charge < -0.3 is 10.1 Å². The van der Waals surface area contributed by atoms with Crippen molar-refractivity contribution < 1.29 is 17.9 Å². The third kappa shape index (κ3) is 4.60. The van der Waals surface area contributed by atoms with Gasteiger partial charge in [-0.1, -0.05) is 6.42 Å². The number of sulfonamides is 1. The molecule has 3 aromatic rings. The minimum absolute atomic E-state index is 0.0886. The summed E-state index contributed by atoms with van der Waals surface area (Å²) in [7, 11) is -2.21. The zero-order valence-electron chi connectivity index (χ0n) is 16.9. The van der Waals surface area contributed by atoms with E-state index in [4.69, 9.17) is 4.74 Å². The van der Waals surface area contributed by atoms with Gasteiger partial charge in [0.15, 0.2) is 5.13 Å². The van der Waals surface area contributed by atoms with Crippen LogP contribution < -0.4 is 10.1 Å². The maximum absolute atomic E-state index is 13.1. The smallest absolute Gasteiger partial charge is 0.245 e. The van der Waals surface area contributed by atoms with Gasteiger partial charge in [0.2, 0.25) is 15.9 Å². The fourth-order valence-corrected chi connectivity index (χ4v) is 5.85. The van der Waals surface area contributed by atoms with Crippen molar-refractivity contribution in [3.63, 3.8) is 0 Å². The van der Waals surface area contributed by atoms with Crippen LogP contribution in [0.4, 0.5) is 5.13 Å². The number of nitrogens with zero attached hydrogens (tertiary/aromatic N) is 3. The van der Waals surface area contributed by atoms with Crippen molar-refractivity contribution in [2.24, 2.45) is 0 Å². The second-order valence-corrected chi connectivity index (χ2v) is 9.82. The SMILES string of the molecule is COc1ccc(-c2csc(NC(=O)[C@H]3CCCCN3S(=O)(=O)c3cccnc3)n2)cc1. The highest BCUT2D eigenvalue weighted by Crippen LogP contribution is 2.29. The summed E-state index contributed by atoms with van der Waals surface area (Å²) < 4.78 is 32.6. The van der Waals surface area contributed by atoms with Crippen molar-refractivity contribution in [3.8, 4) is 17.0 Å². The summed E-state index contributed by atoms with van der Waals surface area (Å²) in [5, 5.41) is 5.08. The van der Waals surface area contributed by atoms with Gasteiger partial charge in [-0.15, -0.1) is 11.3 Å². The van der Waals surface area contributed by atoms with Gasteiger partial charge in [0.25, 0.3) is 0 Å². The summed E-state index contributed by atoms with van der Waals surface area (Å²) in [5.41, 5.74) is 1.63. The molecule has 1 aliphatic heterocycles. The minimum Gasteiger partial charge on any atom is -0.497 e. The highest BCUT2D eigenvalue weighted by atomic mass is 32.2. The number of piperidine rings is 1. The standard InChI is InChI=1S/C21H22N4O4S2/c1-29-16-9-7-15(8-10-16)18-14-30-21(23-18)24-20(26)19-6-2-3-12-25(19)31(27,28)17-5-4-11-22-13-17/h4-5,7-11,13-14,19H,2-3,6,12H2,1H3,(H,23,24,26)/t19-/m1/s1. The van der Waals surface area contributed by atoms with Crippen molar-refractivity contribution in [3.05, 3.63) is 54.2 Å². The first-order chi connectivity index (χ1) is 15.0. The molecule has 3 heterocycles. The Morgan fingerprint density at radius 3 is 2.74 bits per heavy atom. The highest BCUT2D eigenvalue weighted by Gasteiger charge is 2.38. The summed E-state index contributed by atoms with van der Waals surface area (Å²) in [4.78, 5) is 21.5. The van der Waals surface area contributed by atoms with E-state index in [2.05, 4.69) is 15.3 Å². The number of ether oxygens (including phenoxy) is 1. The van der Waals surface area contributed by atoms with Crippen LogP contribution in [-0.2, 0) is 14.8 Å². The number of aromatic nitrogens is 2. The molecule has 0 spiro atoms. The zero-order valence-corrected chi connectivity index (χ0v) is 18.5. The second-order valence-electron chi connectivity index (χ2n) is 7.07. The van der Waals surface area contributed by atoms with Crippen LogP contribution in [0.25, 0.3) is 11.3 Å². The third-order valence-corrected chi connectivity index (χ3v) is 7.77. The van der Waals surface area contributed by atoms with E-state index in [0.717, 1.165) is 23.4 Å². The maximum atomic E-state index is 13.1. The summed E-state index contributed by atoms with van der Waals surface area (Å²) >= 11 is 1.30. The molecule has 1 amide bonds. The van der Waals surface area contributed by atoms with Gasteiger partial charge in [-0.05, 0) is 49.2 Å². The molecular formula is C21H22N4O4S2. The summed E-state index contributed by atoms with van der Waals surface area (Å²) in [6, 6.07) is 9.75. The number of pyridine rings is 1. The van der Waals surface area contributed by atoms with Crippen LogP contribution in [0.15, 0.2) is 59.1 Å². The van der Waals surface area contributed by atoms with Crippen LogP contribution in [0.3, 0.4) is 0 Å². The van der Waals surface area contributed by atoms with Gasteiger partial charge in [0, 0.05) is 29.9 Å². The highest BCUT2D eigenvalue weighted by molar-refractivity contribution is 7.89. The van der Waals surface area contributed by atoms with E-state index in [1.165, 1.54) is 34.1 Å². The van der Waals surface area contributed by atoms with Crippen LogP contribution in [0.5, 0.6) is 5.75 Å². The van der Waals surface area contributed by atoms with Crippen molar-refractivity contribution >= 4 is 32.4 Å². The maximum Gasteiger partial charge on any atom is 0.245 e. The Hall–Kier alpha value is -2.82. The van der Waals surface area contributed by atoms with Crippen LogP contribution in [-0.4, -0.2) is 48.3 Å². The van der Waals surface area contributed by atoms with Crippen molar-refractivity contribution in [1.29, 1.82) is 0 Å². The Morgan fingerprint density at radius 2 is 2.03 bits per heavy atom. The fourth-order valence-electron chi connectivity index (χ4n) is 3.50. The Balaban J connectivity index is 1.51. The number of rotatable bonds is 6. The van der Waals surface area contributed by atoms with Gasteiger partial charge >= 0.3 is 0 Å². The van der Waals surface area contributed by atoms with Gasteiger partial charge in [-0.25, -0.2) is 13.4 Å². The summed E-state index contributed by atoms with van der Waals surface area (Å²) in [6.07, 6.45) is 4.78. The Morgan fingerprint density at radius 1 is 1.23 bits per heavy atom. The van der Waals surface area contributed by atoms with Crippen LogP contribution in [0.1, 0.15) is 19.3 Å². The summed E-state index contributed by atoms with van der Waals surface area (Å²) in [6.45, 7) is 0.296. The van der Waals surface area contributed by atoms with Crippen molar-refractivity contribution in [1.82, 2.24) is 14.3 Å². The van der Waals surface area contributed by atoms with E-state index in [9.17, 15) is 13.2 Å². The van der Waals surface area contributed by atoms with E-state index < -0.39 is 16.1 Å². The topological polar surface area (TPSA) is 101 Å². The molecule has 0 radical (unpaired) electrons. The first kappa shape index (κ1) is 21.4. The molecule has 0 aliphatic carbocycles. The number of carbonyl (C=O) groups is 1.